The first-order valence-corrected chi connectivity index (χ1v) is 7.62. The number of hydrogen-bond acceptors (Lipinski definition) is 3. The van der Waals surface area contributed by atoms with E-state index in [-0.39, 0.29) is 0 Å². The van der Waals surface area contributed by atoms with Crippen molar-refractivity contribution in [3.63, 3.8) is 0 Å². The molecule has 0 saturated carbocycles. The van der Waals surface area contributed by atoms with Gasteiger partial charge in [0.2, 0.25) is 0 Å². The number of rotatable bonds is 3. The Morgan fingerprint density at radius 1 is 1.18 bits per heavy atom. The molecule has 0 heterocycles. The molecule has 0 aliphatic heterocycles. The standard InChI is InChI=1S/C17H17ClN2O2/c18-14-2-1-3-15(10-14)19-16-7-6-11-4-5-12(17(21)20-22)8-13(11)9-16/h1-5,8,10,16,19,22H,6-7,9H2,(H,20,21). The monoisotopic (exact) mass is 316 g/mol. The number of hydroxylamine groups is 1. The van der Waals surface area contributed by atoms with Crippen molar-refractivity contribution < 1.29 is 10.0 Å². The smallest absolute Gasteiger partial charge is 0.274 e. The lowest BCUT2D eigenvalue weighted by Gasteiger charge is -2.26. The number of anilines is 1. The van der Waals surface area contributed by atoms with Crippen molar-refractivity contribution in [1.29, 1.82) is 0 Å². The van der Waals surface area contributed by atoms with E-state index in [4.69, 9.17) is 16.8 Å². The third kappa shape index (κ3) is 3.24. The molecule has 114 valence electrons. The molecule has 5 heteroatoms. The van der Waals surface area contributed by atoms with Crippen LogP contribution in [0.4, 0.5) is 5.69 Å². The summed E-state index contributed by atoms with van der Waals surface area (Å²) in [4.78, 5) is 11.5. The Morgan fingerprint density at radius 2 is 2.05 bits per heavy atom. The number of amides is 1. The first-order valence-electron chi connectivity index (χ1n) is 7.24. The summed E-state index contributed by atoms with van der Waals surface area (Å²) in [5, 5.41) is 12.9. The normalized spacial score (nSPS) is 16.7. The quantitative estimate of drug-likeness (QED) is 0.600. The highest BCUT2D eigenvalue weighted by molar-refractivity contribution is 6.30. The van der Waals surface area contributed by atoms with Gasteiger partial charge in [0.05, 0.1) is 0 Å². The minimum atomic E-state index is -0.479. The molecule has 1 atom stereocenters. The van der Waals surface area contributed by atoms with Gasteiger partial charge in [0.1, 0.15) is 0 Å². The lowest BCUT2D eigenvalue weighted by atomic mass is 9.87. The molecule has 2 aromatic rings. The van der Waals surface area contributed by atoms with Crippen LogP contribution in [0.5, 0.6) is 0 Å². The maximum Gasteiger partial charge on any atom is 0.274 e. The molecule has 0 spiro atoms. The Balaban J connectivity index is 1.76. The number of fused-ring (bicyclic) bond motifs is 1. The van der Waals surface area contributed by atoms with E-state index in [1.807, 2.05) is 36.4 Å². The number of benzene rings is 2. The van der Waals surface area contributed by atoms with E-state index in [1.165, 1.54) is 5.56 Å². The number of halogens is 1. The first kappa shape index (κ1) is 14.9. The van der Waals surface area contributed by atoms with Gasteiger partial charge in [-0.25, -0.2) is 5.48 Å². The summed E-state index contributed by atoms with van der Waals surface area (Å²) in [5.74, 6) is -0.479. The molecular formula is C17H17ClN2O2. The van der Waals surface area contributed by atoms with Gasteiger partial charge in [-0.3, -0.25) is 10.0 Å². The van der Waals surface area contributed by atoms with Crippen LogP contribution in [0.25, 0.3) is 0 Å². The van der Waals surface area contributed by atoms with Gasteiger partial charge in [0, 0.05) is 22.3 Å². The number of carbonyl (C=O) groups excluding carboxylic acids is 1. The number of carbonyl (C=O) groups is 1. The SMILES string of the molecule is O=C(NO)c1ccc2c(c1)CC(Nc1cccc(Cl)c1)CC2. The van der Waals surface area contributed by atoms with E-state index >= 15 is 0 Å². The van der Waals surface area contributed by atoms with Gasteiger partial charge in [0.15, 0.2) is 0 Å². The Morgan fingerprint density at radius 3 is 2.82 bits per heavy atom. The third-order valence-electron chi connectivity index (χ3n) is 3.99. The molecule has 0 radical (unpaired) electrons. The zero-order chi connectivity index (χ0) is 15.5. The van der Waals surface area contributed by atoms with E-state index in [2.05, 4.69) is 5.32 Å². The molecule has 0 aromatic heterocycles. The second kappa shape index (κ2) is 6.38. The molecule has 1 aliphatic rings. The summed E-state index contributed by atoms with van der Waals surface area (Å²) >= 11 is 6.01. The molecule has 1 amide bonds. The van der Waals surface area contributed by atoms with Crippen LogP contribution < -0.4 is 10.8 Å². The minimum absolute atomic E-state index is 0.304. The predicted octanol–water partition coefficient (Wildman–Crippen LogP) is 3.43. The number of aryl methyl sites for hydroxylation is 1. The maximum atomic E-state index is 11.5. The fourth-order valence-electron chi connectivity index (χ4n) is 2.90. The van der Waals surface area contributed by atoms with Gasteiger partial charge >= 0.3 is 0 Å². The van der Waals surface area contributed by atoms with E-state index in [0.29, 0.717) is 16.6 Å². The largest absolute Gasteiger partial charge is 0.382 e. The van der Waals surface area contributed by atoms with Gasteiger partial charge in [-0.05, 0) is 60.7 Å². The van der Waals surface area contributed by atoms with Crippen molar-refractivity contribution in [2.45, 2.75) is 25.3 Å². The Hall–Kier alpha value is -2.04. The highest BCUT2D eigenvalue weighted by atomic mass is 35.5. The molecule has 2 aromatic carbocycles. The molecule has 0 bridgehead atoms. The highest BCUT2D eigenvalue weighted by Gasteiger charge is 2.20. The Bertz CT molecular complexity index is 703. The maximum absolute atomic E-state index is 11.5. The second-order valence-electron chi connectivity index (χ2n) is 5.52. The molecule has 3 rings (SSSR count). The van der Waals surface area contributed by atoms with Crippen LogP contribution in [-0.2, 0) is 12.8 Å². The van der Waals surface area contributed by atoms with E-state index in [1.54, 1.807) is 11.5 Å². The summed E-state index contributed by atoms with van der Waals surface area (Å²) < 4.78 is 0. The number of nitrogens with one attached hydrogen (secondary N) is 2. The van der Waals surface area contributed by atoms with Crippen molar-refractivity contribution in [1.82, 2.24) is 5.48 Å². The molecule has 0 saturated heterocycles. The molecule has 1 unspecified atom stereocenters. The fourth-order valence-corrected chi connectivity index (χ4v) is 3.09. The van der Waals surface area contributed by atoms with Crippen LogP contribution in [0.2, 0.25) is 5.02 Å². The predicted molar refractivity (Wildman–Crippen MR) is 86.6 cm³/mol. The fraction of sp³-hybridized carbons (Fsp3) is 0.235. The van der Waals surface area contributed by atoms with Crippen LogP contribution in [0.1, 0.15) is 27.9 Å². The van der Waals surface area contributed by atoms with Gasteiger partial charge in [-0.2, -0.15) is 0 Å². The molecule has 1 aliphatic carbocycles. The molecule has 3 N–H and O–H groups in total. The average molecular weight is 317 g/mol. The van der Waals surface area contributed by atoms with Crippen molar-refractivity contribution in [2.75, 3.05) is 5.32 Å². The van der Waals surface area contributed by atoms with E-state index in [0.717, 1.165) is 30.5 Å². The zero-order valence-corrected chi connectivity index (χ0v) is 12.7. The molecular weight excluding hydrogens is 300 g/mol. The van der Waals surface area contributed by atoms with Gasteiger partial charge in [-0.15, -0.1) is 0 Å². The van der Waals surface area contributed by atoms with Crippen molar-refractivity contribution in [3.05, 3.63) is 64.2 Å². The summed E-state index contributed by atoms with van der Waals surface area (Å²) in [5.41, 5.74) is 5.57. The lowest BCUT2D eigenvalue weighted by Crippen LogP contribution is -2.28. The highest BCUT2D eigenvalue weighted by Crippen LogP contribution is 2.25. The summed E-state index contributed by atoms with van der Waals surface area (Å²) in [6.45, 7) is 0. The number of hydrogen-bond donors (Lipinski definition) is 3. The minimum Gasteiger partial charge on any atom is -0.382 e. The van der Waals surface area contributed by atoms with Crippen LogP contribution >= 0.6 is 11.6 Å². The lowest BCUT2D eigenvalue weighted by molar-refractivity contribution is 0.0706. The second-order valence-corrected chi connectivity index (χ2v) is 5.96. The Kier molecular flexibility index (Phi) is 4.32. The van der Waals surface area contributed by atoms with Crippen LogP contribution in [-0.4, -0.2) is 17.2 Å². The van der Waals surface area contributed by atoms with Crippen molar-refractivity contribution >= 4 is 23.2 Å². The Labute approximate surface area is 134 Å². The third-order valence-corrected chi connectivity index (χ3v) is 4.23. The van der Waals surface area contributed by atoms with Crippen LogP contribution in [0.15, 0.2) is 42.5 Å². The van der Waals surface area contributed by atoms with Gasteiger partial charge < -0.3 is 5.32 Å². The van der Waals surface area contributed by atoms with Crippen molar-refractivity contribution in [2.24, 2.45) is 0 Å². The molecule has 0 fully saturated rings. The topological polar surface area (TPSA) is 61.4 Å². The van der Waals surface area contributed by atoms with Crippen LogP contribution in [0.3, 0.4) is 0 Å². The van der Waals surface area contributed by atoms with Gasteiger partial charge in [-0.1, -0.05) is 23.7 Å². The summed E-state index contributed by atoms with van der Waals surface area (Å²) in [6, 6.07) is 13.5. The molecule has 22 heavy (non-hydrogen) atoms. The zero-order valence-electron chi connectivity index (χ0n) is 12.0. The van der Waals surface area contributed by atoms with Gasteiger partial charge in [0.25, 0.3) is 5.91 Å². The van der Waals surface area contributed by atoms with E-state index in [9.17, 15) is 4.79 Å². The van der Waals surface area contributed by atoms with Crippen LogP contribution in [0, 0.1) is 0 Å². The first-order chi connectivity index (χ1) is 10.7. The summed E-state index contributed by atoms with van der Waals surface area (Å²) in [6.07, 6.45) is 2.84. The summed E-state index contributed by atoms with van der Waals surface area (Å²) in [7, 11) is 0. The van der Waals surface area contributed by atoms with Crippen molar-refractivity contribution in [3.8, 4) is 0 Å². The average Bonchev–Trinajstić information content (AvgIpc) is 2.53. The van der Waals surface area contributed by atoms with E-state index < -0.39 is 5.91 Å². The molecule has 4 nitrogen and oxygen atoms in total.